The molecule has 0 aliphatic carbocycles. The average molecular weight is 575 g/mol. The summed E-state index contributed by atoms with van der Waals surface area (Å²) >= 11 is 0. The molecule has 0 aromatic heterocycles. The number of carboxylic acid groups (broad SMARTS) is 1. The predicted molar refractivity (Wildman–Crippen MR) is 146 cm³/mol. The van der Waals surface area contributed by atoms with Gasteiger partial charge in [-0.05, 0) is 6.42 Å². The molecule has 40 heavy (non-hydrogen) atoms. The van der Waals surface area contributed by atoms with Crippen LogP contribution in [0.15, 0.2) is 0 Å². The standard InChI is InChI=1S/C29H50O11/c1-4-5-6-7-8-9-10-11-12-13-14-15-16-17-18-19-25(33)37-20-24(32)21-38-29(36)27(40-23(3)31)26(28(34)35)39-22(2)30/h24,26-27,32H,4-21H2,1-3H3,(H,34,35). The minimum Gasteiger partial charge on any atom is -0.478 e. The number of carbonyl (C=O) groups is 5. The van der Waals surface area contributed by atoms with E-state index in [1.165, 1.54) is 70.6 Å². The fourth-order valence-electron chi connectivity index (χ4n) is 4.04. The Morgan fingerprint density at radius 3 is 1.43 bits per heavy atom. The highest BCUT2D eigenvalue weighted by Gasteiger charge is 2.41. The van der Waals surface area contributed by atoms with E-state index in [0.717, 1.165) is 33.1 Å². The molecule has 3 atom stereocenters. The van der Waals surface area contributed by atoms with E-state index in [9.17, 15) is 34.2 Å². The van der Waals surface area contributed by atoms with Crippen LogP contribution in [0.3, 0.4) is 0 Å². The molecule has 0 spiro atoms. The van der Waals surface area contributed by atoms with Crippen molar-refractivity contribution in [3.63, 3.8) is 0 Å². The summed E-state index contributed by atoms with van der Waals surface area (Å²) in [6, 6.07) is 0. The minimum absolute atomic E-state index is 0.210. The van der Waals surface area contributed by atoms with Gasteiger partial charge in [0.05, 0.1) is 0 Å². The normalized spacial score (nSPS) is 13.1. The van der Waals surface area contributed by atoms with Crippen LogP contribution in [-0.4, -0.2) is 71.6 Å². The van der Waals surface area contributed by atoms with Gasteiger partial charge in [0, 0.05) is 20.3 Å². The highest BCUT2D eigenvalue weighted by Crippen LogP contribution is 2.14. The number of aliphatic hydroxyl groups excluding tert-OH is 1. The lowest BCUT2D eigenvalue weighted by atomic mass is 10.0. The van der Waals surface area contributed by atoms with Gasteiger partial charge in [0.2, 0.25) is 12.2 Å². The number of hydrogen-bond donors (Lipinski definition) is 2. The maximum absolute atomic E-state index is 12.2. The Hall–Kier alpha value is -2.69. The highest BCUT2D eigenvalue weighted by atomic mass is 16.6. The Labute approximate surface area is 238 Å². The number of aliphatic carboxylic acids is 1. The van der Waals surface area contributed by atoms with Gasteiger partial charge in [0.1, 0.15) is 19.3 Å². The molecule has 11 nitrogen and oxygen atoms in total. The van der Waals surface area contributed by atoms with Crippen molar-refractivity contribution in [2.45, 2.75) is 142 Å². The number of rotatable bonds is 25. The maximum Gasteiger partial charge on any atom is 0.352 e. The second-order valence-corrected chi connectivity index (χ2v) is 10.1. The lowest BCUT2D eigenvalue weighted by Crippen LogP contribution is -2.46. The summed E-state index contributed by atoms with van der Waals surface area (Å²) in [6.07, 6.45) is 12.9. The number of hydrogen-bond acceptors (Lipinski definition) is 10. The highest BCUT2D eigenvalue weighted by molar-refractivity contribution is 5.88. The lowest BCUT2D eigenvalue weighted by Gasteiger charge is -2.22. The van der Waals surface area contributed by atoms with Crippen LogP contribution in [0.4, 0.5) is 0 Å². The number of carboxylic acids is 1. The summed E-state index contributed by atoms with van der Waals surface area (Å²) in [5, 5.41) is 19.1. The molecule has 0 fully saturated rings. The molecule has 0 rings (SSSR count). The van der Waals surface area contributed by atoms with Gasteiger partial charge in [-0.25, -0.2) is 9.59 Å². The number of carbonyl (C=O) groups excluding carboxylic acids is 4. The Balaban J connectivity index is 3.97. The van der Waals surface area contributed by atoms with E-state index >= 15 is 0 Å². The smallest absolute Gasteiger partial charge is 0.352 e. The van der Waals surface area contributed by atoms with E-state index in [4.69, 9.17) is 9.47 Å². The molecule has 0 bridgehead atoms. The van der Waals surface area contributed by atoms with E-state index in [2.05, 4.69) is 16.4 Å². The van der Waals surface area contributed by atoms with Crippen LogP contribution < -0.4 is 0 Å². The summed E-state index contributed by atoms with van der Waals surface area (Å²) in [5.41, 5.74) is 0. The first-order chi connectivity index (χ1) is 19.1. The second-order valence-electron chi connectivity index (χ2n) is 10.1. The Morgan fingerprint density at radius 1 is 0.600 bits per heavy atom. The molecule has 232 valence electrons. The molecule has 0 aliphatic heterocycles. The minimum atomic E-state index is -2.13. The van der Waals surface area contributed by atoms with Crippen molar-refractivity contribution in [2.75, 3.05) is 13.2 Å². The van der Waals surface area contributed by atoms with Gasteiger partial charge in [-0.3, -0.25) is 14.4 Å². The van der Waals surface area contributed by atoms with Crippen LogP contribution in [-0.2, 0) is 42.9 Å². The molecule has 3 unspecified atom stereocenters. The third kappa shape index (κ3) is 21.2. The molecule has 0 aromatic rings. The summed E-state index contributed by atoms with van der Waals surface area (Å²) in [5.74, 6) is -5.58. The van der Waals surface area contributed by atoms with E-state index in [1.54, 1.807) is 0 Å². The van der Waals surface area contributed by atoms with Crippen molar-refractivity contribution in [1.29, 1.82) is 0 Å². The monoisotopic (exact) mass is 574 g/mol. The van der Waals surface area contributed by atoms with Crippen LogP contribution in [0.1, 0.15) is 124 Å². The Morgan fingerprint density at radius 2 is 1.00 bits per heavy atom. The first-order valence-corrected chi connectivity index (χ1v) is 14.7. The second kappa shape index (κ2) is 24.1. The molecule has 0 aromatic carbocycles. The predicted octanol–water partition coefficient (Wildman–Crippen LogP) is 4.64. The molecule has 0 saturated carbocycles. The molecule has 0 saturated heterocycles. The van der Waals surface area contributed by atoms with Crippen molar-refractivity contribution in [3.8, 4) is 0 Å². The molecule has 0 amide bonds. The summed E-state index contributed by atoms with van der Waals surface area (Å²) in [7, 11) is 0. The van der Waals surface area contributed by atoms with Gasteiger partial charge < -0.3 is 29.2 Å². The lowest BCUT2D eigenvalue weighted by molar-refractivity contribution is -0.189. The molecular weight excluding hydrogens is 524 g/mol. The van der Waals surface area contributed by atoms with E-state index in [1.807, 2.05) is 0 Å². The Kier molecular flexibility index (Phi) is 22.5. The van der Waals surface area contributed by atoms with E-state index < -0.39 is 61.4 Å². The number of esters is 4. The zero-order valence-electron chi connectivity index (χ0n) is 24.5. The zero-order valence-corrected chi connectivity index (χ0v) is 24.5. The number of ether oxygens (including phenoxy) is 4. The van der Waals surface area contributed by atoms with Gasteiger partial charge in [-0.2, -0.15) is 0 Å². The van der Waals surface area contributed by atoms with Crippen LogP contribution in [0.25, 0.3) is 0 Å². The topological polar surface area (TPSA) is 163 Å². The van der Waals surface area contributed by atoms with Gasteiger partial charge >= 0.3 is 29.8 Å². The summed E-state index contributed by atoms with van der Waals surface area (Å²) < 4.78 is 19.0. The van der Waals surface area contributed by atoms with Crippen LogP contribution >= 0.6 is 0 Å². The van der Waals surface area contributed by atoms with Crippen LogP contribution in [0, 0.1) is 0 Å². The third-order valence-electron chi connectivity index (χ3n) is 6.18. The fourth-order valence-corrected chi connectivity index (χ4v) is 4.04. The average Bonchev–Trinajstić information content (AvgIpc) is 2.89. The maximum atomic E-state index is 12.2. The quantitative estimate of drug-likeness (QED) is 0.0887. The van der Waals surface area contributed by atoms with Crippen molar-refractivity contribution in [2.24, 2.45) is 0 Å². The molecule has 0 heterocycles. The number of aliphatic hydroxyl groups is 1. The SMILES string of the molecule is CCCCCCCCCCCCCCCCCC(=O)OCC(O)COC(=O)C(OC(C)=O)C(OC(C)=O)C(=O)O. The first-order valence-electron chi connectivity index (χ1n) is 14.7. The largest absolute Gasteiger partial charge is 0.478 e. The molecular formula is C29H50O11. The van der Waals surface area contributed by atoms with Crippen LogP contribution in [0.2, 0.25) is 0 Å². The van der Waals surface area contributed by atoms with Crippen molar-refractivity contribution < 1.29 is 53.1 Å². The van der Waals surface area contributed by atoms with Gasteiger partial charge in [0.25, 0.3) is 0 Å². The van der Waals surface area contributed by atoms with Crippen molar-refractivity contribution in [3.05, 3.63) is 0 Å². The van der Waals surface area contributed by atoms with Gasteiger partial charge in [-0.15, -0.1) is 0 Å². The van der Waals surface area contributed by atoms with E-state index in [0.29, 0.717) is 6.42 Å². The van der Waals surface area contributed by atoms with Gasteiger partial charge in [-0.1, -0.05) is 96.8 Å². The third-order valence-corrected chi connectivity index (χ3v) is 6.18. The molecule has 11 heteroatoms. The Bertz CT molecular complexity index is 737. The summed E-state index contributed by atoms with van der Waals surface area (Å²) in [6.45, 7) is 3.00. The number of unbranched alkanes of at least 4 members (excludes halogenated alkanes) is 14. The first kappa shape index (κ1) is 37.3. The molecule has 0 aliphatic rings. The van der Waals surface area contributed by atoms with Crippen molar-refractivity contribution >= 4 is 29.8 Å². The van der Waals surface area contributed by atoms with Crippen LogP contribution in [0.5, 0.6) is 0 Å². The fraction of sp³-hybridized carbons (Fsp3) is 0.828. The van der Waals surface area contributed by atoms with Gasteiger partial charge in [0.15, 0.2) is 0 Å². The molecule has 2 N–H and O–H groups in total. The summed E-state index contributed by atoms with van der Waals surface area (Å²) in [4.78, 5) is 57.9. The molecule has 0 radical (unpaired) electrons. The van der Waals surface area contributed by atoms with Crippen molar-refractivity contribution in [1.82, 2.24) is 0 Å². The zero-order chi connectivity index (χ0) is 30.2. The van der Waals surface area contributed by atoms with E-state index in [-0.39, 0.29) is 6.42 Å².